The van der Waals surface area contributed by atoms with E-state index in [4.69, 9.17) is 16.3 Å². The predicted octanol–water partition coefficient (Wildman–Crippen LogP) is 5.34. The molecule has 1 aromatic rings. The van der Waals surface area contributed by atoms with Gasteiger partial charge in [0.1, 0.15) is 5.75 Å². The SMILES string of the molecule is CCNC(c1cc(Cl)cc(Br)c1OC)C1CCCCC1. The molecule has 4 heteroatoms. The molecule has 112 valence electrons. The summed E-state index contributed by atoms with van der Waals surface area (Å²) in [5.41, 5.74) is 1.18. The van der Waals surface area contributed by atoms with Gasteiger partial charge >= 0.3 is 0 Å². The summed E-state index contributed by atoms with van der Waals surface area (Å²) in [4.78, 5) is 0. The fraction of sp³-hybridized carbons (Fsp3) is 0.625. The number of methoxy groups -OCH3 is 1. The van der Waals surface area contributed by atoms with E-state index in [9.17, 15) is 0 Å². The minimum Gasteiger partial charge on any atom is -0.495 e. The zero-order chi connectivity index (χ0) is 14.5. The molecule has 1 N–H and O–H groups in total. The Morgan fingerprint density at radius 1 is 1.35 bits per heavy atom. The van der Waals surface area contributed by atoms with E-state index in [0.29, 0.717) is 12.0 Å². The van der Waals surface area contributed by atoms with Gasteiger partial charge in [0.05, 0.1) is 11.6 Å². The van der Waals surface area contributed by atoms with Crippen LogP contribution in [0, 0.1) is 5.92 Å². The van der Waals surface area contributed by atoms with Gasteiger partial charge < -0.3 is 10.1 Å². The van der Waals surface area contributed by atoms with Crippen molar-refractivity contribution in [2.24, 2.45) is 5.92 Å². The van der Waals surface area contributed by atoms with Gasteiger partial charge in [0.15, 0.2) is 0 Å². The Labute approximate surface area is 135 Å². The van der Waals surface area contributed by atoms with Crippen LogP contribution in [0.4, 0.5) is 0 Å². The molecule has 1 unspecified atom stereocenters. The molecule has 0 spiro atoms. The Bertz CT molecular complexity index is 446. The van der Waals surface area contributed by atoms with E-state index in [1.807, 2.05) is 12.1 Å². The molecular weight excluding hydrogens is 338 g/mol. The van der Waals surface area contributed by atoms with Crippen molar-refractivity contribution in [2.45, 2.75) is 45.1 Å². The van der Waals surface area contributed by atoms with Crippen molar-refractivity contribution >= 4 is 27.5 Å². The van der Waals surface area contributed by atoms with E-state index in [-0.39, 0.29) is 0 Å². The van der Waals surface area contributed by atoms with Gasteiger partial charge in [-0.15, -0.1) is 0 Å². The number of hydrogen-bond donors (Lipinski definition) is 1. The monoisotopic (exact) mass is 359 g/mol. The van der Waals surface area contributed by atoms with E-state index in [1.54, 1.807) is 7.11 Å². The second-order valence-corrected chi connectivity index (χ2v) is 6.73. The van der Waals surface area contributed by atoms with Crippen molar-refractivity contribution in [1.82, 2.24) is 5.32 Å². The lowest BCUT2D eigenvalue weighted by Crippen LogP contribution is -2.30. The Balaban J connectivity index is 2.37. The van der Waals surface area contributed by atoms with Gasteiger partial charge in [0.2, 0.25) is 0 Å². The largest absolute Gasteiger partial charge is 0.495 e. The van der Waals surface area contributed by atoms with Crippen LogP contribution in [0.3, 0.4) is 0 Å². The van der Waals surface area contributed by atoms with E-state index in [1.165, 1.54) is 37.7 Å². The molecule has 0 bridgehead atoms. The first kappa shape index (κ1) is 16.1. The van der Waals surface area contributed by atoms with Crippen molar-refractivity contribution in [3.8, 4) is 5.75 Å². The third kappa shape index (κ3) is 3.69. The minimum absolute atomic E-state index is 0.324. The fourth-order valence-electron chi connectivity index (χ4n) is 3.24. The third-order valence-electron chi connectivity index (χ3n) is 4.12. The average molecular weight is 361 g/mol. The Kier molecular flexibility index (Phi) is 6.19. The summed E-state index contributed by atoms with van der Waals surface area (Å²) in [5, 5.41) is 4.39. The fourth-order valence-corrected chi connectivity index (χ4v) is 4.24. The molecule has 0 heterocycles. The smallest absolute Gasteiger partial charge is 0.137 e. The zero-order valence-corrected chi connectivity index (χ0v) is 14.6. The van der Waals surface area contributed by atoms with E-state index in [2.05, 4.69) is 28.2 Å². The summed E-state index contributed by atoms with van der Waals surface area (Å²) < 4.78 is 6.54. The molecule has 2 nitrogen and oxygen atoms in total. The summed E-state index contributed by atoms with van der Waals surface area (Å²) in [6, 6.07) is 4.27. The molecule has 20 heavy (non-hydrogen) atoms. The van der Waals surface area contributed by atoms with Crippen molar-refractivity contribution in [3.05, 3.63) is 27.2 Å². The van der Waals surface area contributed by atoms with Gasteiger partial charge in [-0.25, -0.2) is 0 Å². The van der Waals surface area contributed by atoms with Crippen molar-refractivity contribution in [1.29, 1.82) is 0 Å². The number of ether oxygens (including phenoxy) is 1. The van der Waals surface area contributed by atoms with Crippen LogP contribution in [0.25, 0.3) is 0 Å². The van der Waals surface area contributed by atoms with Crippen LogP contribution in [-0.2, 0) is 0 Å². The van der Waals surface area contributed by atoms with Crippen LogP contribution in [0.5, 0.6) is 5.75 Å². The summed E-state index contributed by atoms with van der Waals surface area (Å²) in [6.07, 6.45) is 6.59. The van der Waals surface area contributed by atoms with Crippen molar-refractivity contribution in [2.75, 3.05) is 13.7 Å². The van der Waals surface area contributed by atoms with Gasteiger partial charge in [0, 0.05) is 16.6 Å². The van der Waals surface area contributed by atoms with E-state index >= 15 is 0 Å². The van der Waals surface area contributed by atoms with Gasteiger partial charge in [-0.1, -0.05) is 37.8 Å². The van der Waals surface area contributed by atoms with Gasteiger partial charge in [-0.2, -0.15) is 0 Å². The Morgan fingerprint density at radius 2 is 2.05 bits per heavy atom. The first-order valence-corrected chi connectivity index (χ1v) is 8.60. The quantitative estimate of drug-likeness (QED) is 0.765. The molecule has 1 saturated carbocycles. The molecular formula is C16H23BrClNO. The predicted molar refractivity (Wildman–Crippen MR) is 88.7 cm³/mol. The maximum Gasteiger partial charge on any atom is 0.137 e. The summed E-state index contributed by atoms with van der Waals surface area (Å²) >= 11 is 9.81. The third-order valence-corrected chi connectivity index (χ3v) is 4.93. The number of halogens is 2. The summed E-state index contributed by atoms with van der Waals surface area (Å²) in [6.45, 7) is 3.11. The zero-order valence-electron chi connectivity index (χ0n) is 12.2. The molecule has 1 fully saturated rings. The Hall–Kier alpha value is -0.250. The van der Waals surface area contributed by atoms with Crippen LogP contribution in [0.1, 0.15) is 50.6 Å². The summed E-state index contributed by atoms with van der Waals surface area (Å²) in [7, 11) is 1.72. The van der Waals surface area contributed by atoms with Crippen LogP contribution in [-0.4, -0.2) is 13.7 Å². The number of hydrogen-bond acceptors (Lipinski definition) is 2. The van der Waals surface area contributed by atoms with E-state index < -0.39 is 0 Å². The molecule has 1 aliphatic carbocycles. The first-order valence-electron chi connectivity index (χ1n) is 7.43. The molecule has 2 rings (SSSR count). The van der Waals surface area contributed by atoms with Crippen LogP contribution in [0.2, 0.25) is 5.02 Å². The van der Waals surface area contributed by atoms with Crippen LogP contribution in [0.15, 0.2) is 16.6 Å². The van der Waals surface area contributed by atoms with Gasteiger partial charge in [-0.05, 0) is 53.4 Å². The number of nitrogens with one attached hydrogen (secondary N) is 1. The normalized spacial score (nSPS) is 18.0. The molecule has 1 aliphatic rings. The molecule has 1 atom stereocenters. The standard InChI is InChI=1S/C16H23BrClNO/c1-3-19-15(11-7-5-4-6-8-11)13-9-12(18)10-14(17)16(13)20-2/h9-11,15,19H,3-8H2,1-2H3. The van der Waals surface area contributed by atoms with E-state index in [0.717, 1.165) is 21.8 Å². The van der Waals surface area contributed by atoms with Crippen LogP contribution < -0.4 is 10.1 Å². The highest BCUT2D eigenvalue weighted by atomic mass is 79.9. The lowest BCUT2D eigenvalue weighted by molar-refractivity contribution is 0.268. The maximum atomic E-state index is 6.25. The second-order valence-electron chi connectivity index (χ2n) is 5.44. The number of rotatable bonds is 5. The van der Waals surface area contributed by atoms with Crippen molar-refractivity contribution in [3.63, 3.8) is 0 Å². The lowest BCUT2D eigenvalue weighted by Gasteiger charge is -2.32. The van der Waals surface area contributed by atoms with Gasteiger partial charge in [0.25, 0.3) is 0 Å². The maximum absolute atomic E-state index is 6.25. The highest BCUT2D eigenvalue weighted by Gasteiger charge is 2.27. The van der Waals surface area contributed by atoms with Gasteiger partial charge in [-0.3, -0.25) is 0 Å². The van der Waals surface area contributed by atoms with Crippen LogP contribution >= 0.6 is 27.5 Å². The molecule has 1 aromatic carbocycles. The van der Waals surface area contributed by atoms with Crippen molar-refractivity contribution < 1.29 is 4.74 Å². The first-order chi connectivity index (χ1) is 9.67. The Morgan fingerprint density at radius 3 is 2.65 bits per heavy atom. The minimum atomic E-state index is 0.324. The second kappa shape index (κ2) is 7.67. The molecule has 0 aliphatic heterocycles. The highest BCUT2D eigenvalue weighted by Crippen LogP contribution is 2.42. The topological polar surface area (TPSA) is 21.3 Å². The molecule has 0 radical (unpaired) electrons. The summed E-state index contributed by atoms with van der Waals surface area (Å²) in [5.74, 6) is 1.58. The number of benzene rings is 1. The lowest BCUT2D eigenvalue weighted by atomic mass is 9.81. The molecule has 0 amide bonds. The highest BCUT2D eigenvalue weighted by molar-refractivity contribution is 9.10. The molecule has 0 aromatic heterocycles. The molecule has 0 saturated heterocycles. The average Bonchev–Trinajstić information content (AvgIpc) is 2.45.